The number of carbonyl (C=O) groups excluding carboxylic acids is 1. The molecule has 2 N–H and O–H groups in total. The van der Waals surface area contributed by atoms with Crippen LogP contribution in [0.3, 0.4) is 0 Å². The maximum atomic E-state index is 13.5. The van der Waals surface area contributed by atoms with E-state index in [1.807, 2.05) is 18.7 Å². The van der Waals surface area contributed by atoms with Crippen molar-refractivity contribution in [3.05, 3.63) is 29.8 Å². The summed E-state index contributed by atoms with van der Waals surface area (Å²) in [6.45, 7) is 6.57. The van der Waals surface area contributed by atoms with E-state index in [2.05, 4.69) is 10.6 Å². The minimum atomic E-state index is -0.640. The Hall–Kier alpha value is -1.53. The van der Waals surface area contributed by atoms with E-state index in [1.54, 1.807) is 0 Å². The summed E-state index contributed by atoms with van der Waals surface area (Å²) in [6, 6.07) is 3.00. The van der Waals surface area contributed by atoms with Crippen LogP contribution in [-0.2, 0) is 4.79 Å². The van der Waals surface area contributed by atoms with Crippen LogP contribution in [0.5, 0.6) is 0 Å². The molecule has 0 aliphatic carbocycles. The van der Waals surface area contributed by atoms with Crippen LogP contribution in [0, 0.1) is 11.6 Å². The predicted octanol–water partition coefficient (Wildman–Crippen LogP) is 1.59. The molecule has 1 aliphatic rings. The topological polar surface area (TPSA) is 44.4 Å². The van der Waals surface area contributed by atoms with E-state index in [0.29, 0.717) is 0 Å². The van der Waals surface area contributed by atoms with Gasteiger partial charge in [-0.1, -0.05) is 0 Å². The number of benzene rings is 1. The van der Waals surface area contributed by atoms with Gasteiger partial charge in [-0.15, -0.1) is 0 Å². The monoisotopic (exact) mass is 283 g/mol. The van der Waals surface area contributed by atoms with Crippen LogP contribution in [0.4, 0.5) is 14.5 Å². The van der Waals surface area contributed by atoms with Crippen molar-refractivity contribution in [2.45, 2.75) is 19.4 Å². The van der Waals surface area contributed by atoms with Crippen LogP contribution in [-0.4, -0.2) is 42.5 Å². The van der Waals surface area contributed by atoms with Crippen LogP contribution >= 0.6 is 0 Å². The summed E-state index contributed by atoms with van der Waals surface area (Å²) in [4.78, 5) is 14.0. The second kappa shape index (κ2) is 5.85. The van der Waals surface area contributed by atoms with Gasteiger partial charge in [0.2, 0.25) is 5.91 Å². The third-order valence-corrected chi connectivity index (χ3v) is 3.51. The molecule has 0 saturated carbocycles. The molecular weight excluding hydrogens is 264 g/mol. The molecule has 20 heavy (non-hydrogen) atoms. The first kappa shape index (κ1) is 14.9. The molecule has 0 aromatic heterocycles. The Morgan fingerprint density at radius 1 is 1.45 bits per heavy atom. The maximum absolute atomic E-state index is 13.5. The van der Waals surface area contributed by atoms with E-state index in [4.69, 9.17) is 0 Å². The molecule has 6 heteroatoms. The minimum absolute atomic E-state index is 0.122. The molecule has 0 bridgehead atoms. The third-order valence-electron chi connectivity index (χ3n) is 3.51. The second-order valence-electron chi connectivity index (χ2n) is 5.58. The molecule has 1 fully saturated rings. The number of hydrogen-bond acceptors (Lipinski definition) is 3. The van der Waals surface area contributed by atoms with Crippen molar-refractivity contribution < 1.29 is 13.6 Å². The number of nitrogens with zero attached hydrogens (tertiary/aromatic N) is 1. The number of hydrogen-bond donors (Lipinski definition) is 2. The number of nitrogens with one attached hydrogen (secondary N) is 2. The van der Waals surface area contributed by atoms with Gasteiger partial charge in [0.05, 0.1) is 12.2 Å². The van der Waals surface area contributed by atoms with Gasteiger partial charge in [-0.2, -0.15) is 0 Å². The molecule has 1 aliphatic heterocycles. The lowest BCUT2D eigenvalue weighted by Crippen LogP contribution is -2.59. The zero-order chi connectivity index (χ0) is 14.8. The van der Waals surface area contributed by atoms with Gasteiger partial charge in [0.1, 0.15) is 11.6 Å². The molecule has 1 heterocycles. The second-order valence-corrected chi connectivity index (χ2v) is 5.58. The Labute approximate surface area is 117 Å². The smallest absolute Gasteiger partial charge is 0.238 e. The minimum Gasteiger partial charge on any atom is -0.322 e. The summed E-state index contributed by atoms with van der Waals surface area (Å²) in [5.41, 5.74) is -0.265. The van der Waals surface area contributed by atoms with E-state index in [0.717, 1.165) is 37.8 Å². The van der Waals surface area contributed by atoms with Gasteiger partial charge in [-0.05, 0) is 26.0 Å². The van der Waals surface area contributed by atoms with Crippen LogP contribution in [0.25, 0.3) is 0 Å². The van der Waals surface area contributed by atoms with Crippen molar-refractivity contribution in [2.24, 2.45) is 0 Å². The Morgan fingerprint density at radius 3 is 2.90 bits per heavy atom. The highest BCUT2D eigenvalue weighted by molar-refractivity contribution is 5.92. The number of anilines is 1. The summed E-state index contributed by atoms with van der Waals surface area (Å²) in [6.07, 6.45) is 0. The molecule has 2 rings (SSSR count). The van der Waals surface area contributed by atoms with Crippen LogP contribution < -0.4 is 10.6 Å². The fraction of sp³-hybridized carbons (Fsp3) is 0.500. The predicted molar refractivity (Wildman–Crippen MR) is 73.5 cm³/mol. The zero-order valence-corrected chi connectivity index (χ0v) is 11.7. The fourth-order valence-corrected chi connectivity index (χ4v) is 2.27. The van der Waals surface area contributed by atoms with E-state index in [-0.39, 0.29) is 23.7 Å². The van der Waals surface area contributed by atoms with Crippen molar-refractivity contribution in [1.82, 2.24) is 10.2 Å². The SMILES string of the molecule is CC1(C)CNCCN1CC(=O)Nc1cc(F)ccc1F. The normalized spacial score (nSPS) is 18.8. The van der Waals surface area contributed by atoms with Gasteiger partial charge < -0.3 is 10.6 Å². The third kappa shape index (κ3) is 3.52. The molecule has 1 saturated heterocycles. The molecule has 0 radical (unpaired) electrons. The number of halogens is 2. The molecule has 1 aromatic rings. The van der Waals surface area contributed by atoms with Crippen molar-refractivity contribution >= 4 is 11.6 Å². The largest absolute Gasteiger partial charge is 0.322 e. The summed E-state index contributed by atoms with van der Waals surface area (Å²) in [5.74, 6) is -1.56. The zero-order valence-electron chi connectivity index (χ0n) is 11.7. The lowest BCUT2D eigenvalue weighted by molar-refractivity contribution is -0.119. The van der Waals surface area contributed by atoms with E-state index in [1.165, 1.54) is 0 Å². The number of amides is 1. The quantitative estimate of drug-likeness (QED) is 0.885. The Morgan fingerprint density at radius 2 is 2.20 bits per heavy atom. The molecule has 1 aromatic carbocycles. The molecule has 110 valence electrons. The first-order valence-electron chi connectivity index (χ1n) is 6.59. The van der Waals surface area contributed by atoms with Gasteiger partial charge in [-0.3, -0.25) is 9.69 Å². The fourth-order valence-electron chi connectivity index (χ4n) is 2.27. The maximum Gasteiger partial charge on any atom is 0.238 e. The van der Waals surface area contributed by atoms with Crippen molar-refractivity contribution in [1.29, 1.82) is 0 Å². The average Bonchev–Trinajstić information content (AvgIpc) is 2.36. The van der Waals surface area contributed by atoms with Gasteiger partial charge in [0.25, 0.3) is 0 Å². The Balaban J connectivity index is 2.00. The van der Waals surface area contributed by atoms with E-state index >= 15 is 0 Å². The number of carbonyl (C=O) groups is 1. The van der Waals surface area contributed by atoms with Gasteiger partial charge in [0, 0.05) is 31.2 Å². The molecule has 1 amide bonds. The van der Waals surface area contributed by atoms with E-state index < -0.39 is 11.6 Å². The van der Waals surface area contributed by atoms with E-state index in [9.17, 15) is 13.6 Å². The molecule has 0 atom stereocenters. The summed E-state index contributed by atoms with van der Waals surface area (Å²) in [5, 5.41) is 5.68. The van der Waals surface area contributed by atoms with Crippen LogP contribution in [0.1, 0.15) is 13.8 Å². The Kier molecular flexibility index (Phi) is 4.35. The standard InChI is InChI=1S/C14H19F2N3O/c1-14(2)9-17-5-6-19(14)8-13(20)18-12-7-10(15)3-4-11(12)16/h3-4,7,17H,5-6,8-9H2,1-2H3,(H,18,20). The number of piperazine rings is 1. The number of rotatable bonds is 3. The van der Waals surface area contributed by atoms with Gasteiger partial charge >= 0.3 is 0 Å². The van der Waals surface area contributed by atoms with Crippen molar-refractivity contribution in [2.75, 3.05) is 31.5 Å². The Bertz CT molecular complexity index is 505. The highest BCUT2D eigenvalue weighted by Crippen LogP contribution is 2.18. The highest BCUT2D eigenvalue weighted by atomic mass is 19.1. The summed E-state index contributed by atoms with van der Waals surface area (Å²) >= 11 is 0. The lowest BCUT2D eigenvalue weighted by atomic mass is 10.0. The van der Waals surface area contributed by atoms with Crippen molar-refractivity contribution in [3.8, 4) is 0 Å². The van der Waals surface area contributed by atoms with Gasteiger partial charge in [0.15, 0.2) is 0 Å². The molecular formula is C14H19F2N3O. The first-order chi connectivity index (χ1) is 9.38. The summed E-state index contributed by atoms with van der Waals surface area (Å²) < 4.78 is 26.5. The van der Waals surface area contributed by atoms with Crippen molar-refractivity contribution in [3.63, 3.8) is 0 Å². The van der Waals surface area contributed by atoms with Crippen LogP contribution in [0.15, 0.2) is 18.2 Å². The average molecular weight is 283 g/mol. The van der Waals surface area contributed by atoms with Crippen LogP contribution in [0.2, 0.25) is 0 Å². The summed E-state index contributed by atoms with van der Waals surface area (Å²) in [7, 11) is 0. The molecule has 4 nitrogen and oxygen atoms in total. The lowest BCUT2D eigenvalue weighted by Gasteiger charge is -2.42. The first-order valence-corrected chi connectivity index (χ1v) is 6.59. The highest BCUT2D eigenvalue weighted by Gasteiger charge is 2.30. The molecule has 0 spiro atoms. The molecule has 0 unspecified atom stereocenters. The van der Waals surface area contributed by atoms with Gasteiger partial charge in [-0.25, -0.2) is 8.78 Å².